The number of aromatic nitrogens is 1. The minimum Gasteiger partial charge on any atom is -0.338 e. The molecule has 5 nitrogen and oxygen atoms in total. The van der Waals surface area contributed by atoms with Gasteiger partial charge in [-0.05, 0) is 50.3 Å². The molecule has 0 N–H and O–H groups in total. The van der Waals surface area contributed by atoms with Gasteiger partial charge < -0.3 is 9.80 Å². The average molecular weight is 473 g/mol. The summed E-state index contributed by atoms with van der Waals surface area (Å²) >= 11 is 0. The predicted octanol–water partition coefficient (Wildman–Crippen LogP) is 5.91. The molecule has 2 aliphatic rings. The molecule has 0 spiro atoms. The van der Waals surface area contributed by atoms with Gasteiger partial charge >= 0.3 is 6.18 Å². The molecule has 2 fully saturated rings. The molecule has 0 saturated carbocycles. The SMILES string of the molecule is CC.CC.CC1(CC#N)CCN(C2CCN(C(=O)c3ccnc(C(F)(F)F)c3F)CC2)CC1. The Morgan fingerprint density at radius 3 is 2.18 bits per heavy atom. The number of hydrogen-bond acceptors (Lipinski definition) is 4. The van der Waals surface area contributed by atoms with Crippen molar-refractivity contribution >= 4 is 5.91 Å². The number of rotatable bonds is 3. The standard InChI is InChI=1S/C20H24F4N4O.2C2H6/c1-19(5-8-25)6-12-27(13-7-19)14-3-10-28(11-4-14)18(29)15-2-9-26-17(16(15)21)20(22,23)24;2*1-2/h2,9,14H,3-7,10-13H2,1H3;2*1-2H3. The van der Waals surface area contributed by atoms with Crippen LogP contribution in [-0.2, 0) is 6.18 Å². The molecule has 186 valence electrons. The van der Waals surface area contributed by atoms with E-state index in [0.717, 1.165) is 38.2 Å². The normalized spacial score (nSPS) is 18.8. The second kappa shape index (κ2) is 12.9. The zero-order valence-corrected chi connectivity index (χ0v) is 20.3. The number of nitriles is 1. The van der Waals surface area contributed by atoms with Gasteiger partial charge in [0.2, 0.25) is 0 Å². The van der Waals surface area contributed by atoms with Crippen LogP contribution in [-0.4, -0.2) is 52.9 Å². The highest BCUT2D eigenvalue weighted by molar-refractivity contribution is 5.94. The lowest BCUT2D eigenvalue weighted by molar-refractivity contribution is -0.143. The van der Waals surface area contributed by atoms with E-state index in [4.69, 9.17) is 5.26 Å². The number of carbonyl (C=O) groups excluding carboxylic acids is 1. The van der Waals surface area contributed by atoms with E-state index in [9.17, 15) is 22.4 Å². The van der Waals surface area contributed by atoms with E-state index in [-0.39, 0.29) is 5.41 Å². The monoisotopic (exact) mass is 472 g/mol. The van der Waals surface area contributed by atoms with Gasteiger partial charge in [0, 0.05) is 31.7 Å². The van der Waals surface area contributed by atoms with Crippen LogP contribution >= 0.6 is 0 Å². The molecule has 0 bridgehead atoms. The fourth-order valence-corrected chi connectivity index (χ4v) is 4.21. The Bertz CT molecular complexity index is 791. The molecule has 0 aliphatic carbocycles. The number of hydrogen-bond donors (Lipinski definition) is 0. The van der Waals surface area contributed by atoms with Gasteiger partial charge in [-0.25, -0.2) is 9.37 Å². The smallest absolute Gasteiger partial charge is 0.338 e. The number of halogens is 4. The molecule has 0 radical (unpaired) electrons. The highest BCUT2D eigenvalue weighted by Crippen LogP contribution is 2.36. The molecular weight excluding hydrogens is 436 g/mol. The van der Waals surface area contributed by atoms with Crippen molar-refractivity contribution in [3.63, 3.8) is 0 Å². The first-order valence-corrected chi connectivity index (χ1v) is 11.8. The molecule has 1 aromatic rings. The third kappa shape index (κ3) is 7.39. The minimum absolute atomic E-state index is 0.0526. The summed E-state index contributed by atoms with van der Waals surface area (Å²) in [6, 6.07) is 3.55. The topological polar surface area (TPSA) is 60.2 Å². The van der Waals surface area contributed by atoms with Crippen LogP contribution in [0.5, 0.6) is 0 Å². The van der Waals surface area contributed by atoms with Crippen LogP contribution in [0.15, 0.2) is 12.3 Å². The molecule has 0 atom stereocenters. The lowest BCUT2D eigenvalue weighted by atomic mass is 9.77. The van der Waals surface area contributed by atoms with Crippen LogP contribution in [0, 0.1) is 22.6 Å². The fourth-order valence-electron chi connectivity index (χ4n) is 4.21. The van der Waals surface area contributed by atoms with Gasteiger partial charge in [0.15, 0.2) is 11.5 Å². The molecule has 3 rings (SSSR count). The summed E-state index contributed by atoms with van der Waals surface area (Å²) in [7, 11) is 0. The molecule has 0 unspecified atom stereocenters. The summed E-state index contributed by atoms with van der Waals surface area (Å²) in [4.78, 5) is 19.4. The molecule has 2 aliphatic heterocycles. The van der Waals surface area contributed by atoms with E-state index in [1.165, 1.54) is 4.90 Å². The van der Waals surface area contributed by atoms with E-state index in [1.54, 1.807) is 0 Å². The van der Waals surface area contributed by atoms with Gasteiger partial charge in [-0.2, -0.15) is 18.4 Å². The number of amides is 1. The lowest BCUT2D eigenvalue weighted by Crippen LogP contribution is -2.50. The van der Waals surface area contributed by atoms with Crippen LogP contribution in [0.25, 0.3) is 0 Å². The Balaban J connectivity index is 0.00000129. The Kier molecular flexibility index (Phi) is 11.2. The van der Waals surface area contributed by atoms with Crippen LogP contribution in [0.4, 0.5) is 17.6 Å². The van der Waals surface area contributed by atoms with E-state index < -0.39 is 29.2 Å². The number of nitrogens with zero attached hydrogens (tertiary/aromatic N) is 4. The summed E-state index contributed by atoms with van der Waals surface area (Å²) in [6.45, 7) is 12.7. The Hall–Kier alpha value is -2.21. The molecule has 2 saturated heterocycles. The van der Waals surface area contributed by atoms with Crippen molar-refractivity contribution < 1.29 is 22.4 Å². The number of carbonyl (C=O) groups is 1. The quantitative estimate of drug-likeness (QED) is 0.513. The molecule has 9 heteroatoms. The second-order valence-corrected chi connectivity index (χ2v) is 8.22. The van der Waals surface area contributed by atoms with E-state index in [0.29, 0.717) is 38.4 Å². The van der Waals surface area contributed by atoms with Crippen molar-refractivity contribution in [2.75, 3.05) is 26.2 Å². The molecular formula is C24H36F4N4O. The van der Waals surface area contributed by atoms with Crippen LogP contribution < -0.4 is 0 Å². The lowest BCUT2D eigenvalue weighted by Gasteiger charge is -2.44. The summed E-state index contributed by atoms with van der Waals surface area (Å²) < 4.78 is 52.7. The molecule has 1 amide bonds. The first-order valence-electron chi connectivity index (χ1n) is 11.8. The Labute approximate surface area is 194 Å². The van der Waals surface area contributed by atoms with E-state index in [2.05, 4.69) is 22.9 Å². The van der Waals surface area contributed by atoms with E-state index in [1.807, 2.05) is 27.7 Å². The zero-order chi connectivity index (χ0) is 25.2. The van der Waals surface area contributed by atoms with Crippen molar-refractivity contribution in [3.05, 3.63) is 29.3 Å². The maximum absolute atomic E-state index is 14.2. The highest BCUT2D eigenvalue weighted by Gasteiger charge is 2.39. The first kappa shape index (κ1) is 28.8. The molecule has 33 heavy (non-hydrogen) atoms. The highest BCUT2D eigenvalue weighted by atomic mass is 19.4. The van der Waals surface area contributed by atoms with Gasteiger partial charge in [0.1, 0.15) is 0 Å². The largest absolute Gasteiger partial charge is 0.436 e. The number of piperidine rings is 2. The van der Waals surface area contributed by atoms with Crippen molar-refractivity contribution in [1.29, 1.82) is 5.26 Å². The number of likely N-dealkylation sites (tertiary alicyclic amines) is 2. The van der Waals surface area contributed by atoms with Gasteiger partial charge in [-0.3, -0.25) is 4.79 Å². The Morgan fingerprint density at radius 1 is 1.15 bits per heavy atom. The van der Waals surface area contributed by atoms with Crippen LogP contribution in [0.1, 0.15) is 82.8 Å². The van der Waals surface area contributed by atoms with Crippen LogP contribution in [0.2, 0.25) is 0 Å². The van der Waals surface area contributed by atoms with Crippen molar-refractivity contribution in [1.82, 2.24) is 14.8 Å². The fraction of sp³-hybridized carbons (Fsp3) is 0.708. The molecule has 1 aromatic heterocycles. The van der Waals surface area contributed by atoms with Crippen molar-refractivity contribution in [3.8, 4) is 6.07 Å². The number of alkyl halides is 3. The van der Waals surface area contributed by atoms with Crippen molar-refractivity contribution in [2.45, 2.75) is 78.9 Å². The summed E-state index contributed by atoms with van der Waals surface area (Å²) in [5, 5.41) is 8.96. The third-order valence-corrected chi connectivity index (χ3v) is 6.17. The minimum atomic E-state index is -4.94. The maximum Gasteiger partial charge on any atom is 0.436 e. The van der Waals surface area contributed by atoms with Gasteiger partial charge in [0.25, 0.3) is 5.91 Å². The number of pyridine rings is 1. The molecule has 3 heterocycles. The summed E-state index contributed by atoms with van der Waals surface area (Å²) in [5.41, 5.74) is -2.19. The van der Waals surface area contributed by atoms with Crippen LogP contribution in [0.3, 0.4) is 0 Å². The first-order chi connectivity index (χ1) is 15.6. The molecule has 0 aromatic carbocycles. The van der Waals surface area contributed by atoms with Gasteiger partial charge in [0.05, 0.1) is 11.6 Å². The van der Waals surface area contributed by atoms with Gasteiger partial charge in [-0.1, -0.05) is 34.6 Å². The second-order valence-electron chi connectivity index (χ2n) is 8.22. The zero-order valence-electron chi connectivity index (χ0n) is 20.3. The maximum atomic E-state index is 14.2. The van der Waals surface area contributed by atoms with Crippen molar-refractivity contribution in [2.24, 2.45) is 5.41 Å². The summed E-state index contributed by atoms with van der Waals surface area (Å²) in [6.07, 6.45) is -0.298. The van der Waals surface area contributed by atoms with Gasteiger partial charge in [-0.15, -0.1) is 0 Å². The average Bonchev–Trinajstić information content (AvgIpc) is 2.81. The Morgan fingerprint density at radius 2 is 1.70 bits per heavy atom. The third-order valence-electron chi connectivity index (χ3n) is 6.17. The predicted molar refractivity (Wildman–Crippen MR) is 120 cm³/mol. The van der Waals surface area contributed by atoms with E-state index >= 15 is 0 Å². The summed E-state index contributed by atoms with van der Waals surface area (Å²) in [5.74, 6) is -2.34.